The van der Waals surface area contributed by atoms with Gasteiger partial charge < -0.3 is 14.6 Å². The number of hydrogen-bond donors (Lipinski definition) is 1. The summed E-state index contributed by atoms with van der Waals surface area (Å²) in [7, 11) is 0. The van der Waals surface area contributed by atoms with Crippen molar-refractivity contribution >= 4 is 5.97 Å². The predicted molar refractivity (Wildman–Crippen MR) is 57.7 cm³/mol. The molecule has 88 valence electrons. The van der Waals surface area contributed by atoms with Crippen LogP contribution in [0.1, 0.15) is 34.1 Å². The minimum absolute atomic E-state index is 0.235. The molecule has 0 heterocycles. The van der Waals surface area contributed by atoms with Crippen molar-refractivity contribution in [3.05, 3.63) is 11.6 Å². The van der Waals surface area contributed by atoms with E-state index in [0.29, 0.717) is 19.6 Å². The van der Waals surface area contributed by atoms with Crippen molar-refractivity contribution in [1.82, 2.24) is 0 Å². The molecule has 0 atom stereocenters. The molecule has 1 N–H and O–H groups in total. The molecule has 0 aliphatic carbocycles. The Balaban J connectivity index is 4.89. The number of rotatable bonds is 7. The van der Waals surface area contributed by atoms with Crippen LogP contribution >= 0.6 is 0 Å². The number of aliphatic carboxylic acids is 1. The lowest BCUT2D eigenvalue weighted by atomic mass is 10.1. The Hall–Kier alpha value is -0.870. The summed E-state index contributed by atoms with van der Waals surface area (Å²) < 4.78 is 11.0. The van der Waals surface area contributed by atoms with Gasteiger partial charge in [-0.1, -0.05) is 6.92 Å². The standard InChI is InChI=1S/C11H20O4/c1-5-11(14-6-2,15-7-3)8-9(4)10(12)13/h8H,5-7H2,1-4H3,(H,12,13)/b9-8+. The first-order chi connectivity index (χ1) is 7.01. The van der Waals surface area contributed by atoms with Crippen LogP contribution < -0.4 is 0 Å². The number of carboxylic acids is 1. The van der Waals surface area contributed by atoms with Crippen molar-refractivity contribution in [3.8, 4) is 0 Å². The first-order valence-corrected chi connectivity index (χ1v) is 5.22. The van der Waals surface area contributed by atoms with Crippen LogP contribution in [0, 0.1) is 0 Å². The first kappa shape index (κ1) is 14.1. The summed E-state index contributed by atoms with van der Waals surface area (Å²) in [6, 6.07) is 0. The largest absolute Gasteiger partial charge is 0.478 e. The van der Waals surface area contributed by atoms with Gasteiger partial charge in [0.2, 0.25) is 0 Å². The lowest BCUT2D eigenvalue weighted by Gasteiger charge is -2.29. The van der Waals surface area contributed by atoms with E-state index in [2.05, 4.69) is 0 Å². The number of hydrogen-bond acceptors (Lipinski definition) is 3. The molecule has 0 saturated heterocycles. The van der Waals surface area contributed by atoms with E-state index >= 15 is 0 Å². The Bertz CT molecular complexity index is 227. The number of ether oxygens (including phenoxy) is 2. The van der Waals surface area contributed by atoms with Crippen LogP contribution in [-0.4, -0.2) is 30.1 Å². The lowest BCUT2D eigenvalue weighted by Crippen LogP contribution is -2.34. The highest BCUT2D eigenvalue weighted by Crippen LogP contribution is 2.21. The zero-order valence-corrected chi connectivity index (χ0v) is 9.87. The van der Waals surface area contributed by atoms with Gasteiger partial charge in [-0.15, -0.1) is 0 Å². The second kappa shape index (κ2) is 6.58. The highest BCUT2D eigenvalue weighted by molar-refractivity contribution is 5.85. The van der Waals surface area contributed by atoms with Crippen LogP contribution in [0.5, 0.6) is 0 Å². The molecule has 0 aromatic rings. The van der Waals surface area contributed by atoms with Crippen LogP contribution in [0.4, 0.5) is 0 Å². The monoisotopic (exact) mass is 216 g/mol. The summed E-state index contributed by atoms with van der Waals surface area (Å²) in [5.74, 6) is -1.85. The van der Waals surface area contributed by atoms with E-state index in [0.717, 1.165) is 0 Å². The van der Waals surface area contributed by atoms with E-state index in [9.17, 15) is 4.79 Å². The fourth-order valence-corrected chi connectivity index (χ4v) is 1.31. The highest BCUT2D eigenvalue weighted by atomic mass is 16.7. The first-order valence-electron chi connectivity index (χ1n) is 5.22. The molecule has 15 heavy (non-hydrogen) atoms. The molecule has 4 nitrogen and oxygen atoms in total. The van der Waals surface area contributed by atoms with Gasteiger partial charge in [0, 0.05) is 25.2 Å². The SMILES string of the molecule is CCOC(/C=C(\C)C(=O)O)(CC)OCC. The van der Waals surface area contributed by atoms with Crippen molar-refractivity contribution in [2.24, 2.45) is 0 Å². The molecular weight excluding hydrogens is 196 g/mol. The molecule has 0 aromatic carbocycles. The van der Waals surface area contributed by atoms with Crippen LogP contribution in [0.2, 0.25) is 0 Å². The maximum Gasteiger partial charge on any atom is 0.331 e. The normalized spacial score (nSPS) is 12.9. The third-order valence-corrected chi connectivity index (χ3v) is 2.04. The second-order valence-electron chi connectivity index (χ2n) is 3.16. The average molecular weight is 216 g/mol. The van der Waals surface area contributed by atoms with Crippen molar-refractivity contribution in [3.63, 3.8) is 0 Å². The van der Waals surface area contributed by atoms with Crippen molar-refractivity contribution in [2.75, 3.05) is 13.2 Å². The molecule has 0 aromatic heterocycles. The van der Waals surface area contributed by atoms with Crippen molar-refractivity contribution in [2.45, 2.75) is 39.9 Å². The molecule has 0 spiro atoms. The van der Waals surface area contributed by atoms with Gasteiger partial charge in [-0.3, -0.25) is 0 Å². The second-order valence-corrected chi connectivity index (χ2v) is 3.16. The van der Waals surface area contributed by atoms with Crippen molar-refractivity contribution < 1.29 is 19.4 Å². The predicted octanol–water partition coefficient (Wildman–Crippen LogP) is 2.20. The molecule has 0 unspecified atom stereocenters. The van der Waals surface area contributed by atoms with Gasteiger partial charge in [-0.2, -0.15) is 0 Å². The molecule has 0 radical (unpaired) electrons. The fourth-order valence-electron chi connectivity index (χ4n) is 1.31. The summed E-state index contributed by atoms with van der Waals surface area (Å²) in [5.41, 5.74) is 0.235. The Labute approximate surface area is 90.9 Å². The van der Waals surface area contributed by atoms with Crippen LogP contribution in [0.25, 0.3) is 0 Å². The van der Waals surface area contributed by atoms with Crippen molar-refractivity contribution in [1.29, 1.82) is 0 Å². The van der Waals surface area contributed by atoms with Gasteiger partial charge in [-0.25, -0.2) is 4.79 Å². The molecule has 0 saturated carbocycles. The minimum atomic E-state index is -0.952. The molecule has 0 fully saturated rings. The minimum Gasteiger partial charge on any atom is -0.478 e. The van der Waals surface area contributed by atoms with Crippen LogP contribution in [0.15, 0.2) is 11.6 Å². The van der Waals surface area contributed by atoms with Gasteiger partial charge in [0.25, 0.3) is 0 Å². The number of carbonyl (C=O) groups is 1. The topological polar surface area (TPSA) is 55.8 Å². The van der Waals surface area contributed by atoms with Gasteiger partial charge >= 0.3 is 5.97 Å². The van der Waals surface area contributed by atoms with Crippen LogP contribution in [-0.2, 0) is 14.3 Å². The highest BCUT2D eigenvalue weighted by Gasteiger charge is 2.27. The van der Waals surface area contributed by atoms with E-state index in [4.69, 9.17) is 14.6 Å². The molecule has 0 bridgehead atoms. The van der Waals surface area contributed by atoms with Gasteiger partial charge in [-0.05, 0) is 26.8 Å². The quantitative estimate of drug-likeness (QED) is 0.523. The Morgan fingerprint density at radius 1 is 1.27 bits per heavy atom. The molecule has 0 amide bonds. The Kier molecular flexibility index (Phi) is 6.20. The third-order valence-electron chi connectivity index (χ3n) is 2.04. The van der Waals surface area contributed by atoms with E-state index in [-0.39, 0.29) is 5.57 Å². The zero-order chi connectivity index (χ0) is 11.9. The Morgan fingerprint density at radius 2 is 1.73 bits per heavy atom. The maximum atomic E-state index is 10.7. The molecule has 0 rings (SSSR count). The van der Waals surface area contributed by atoms with E-state index in [1.54, 1.807) is 0 Å². The number of carboxylic acid groups (broad SMARTS) is 1. The van der Waals surface area contributed by atoms with Gasteiger partial charge in [0.15, 0.2) is 5.79 Å². The summed E-state index contributed by atoms with van der Waals surface area (Å²) in [6.07, 6.45) is 2.11. The van der Waals surface area contributed by atoms with Gasteiger partial charge in [0.05, 0.1) is 0 Å². The molecule has 4 heteroatoms. The van der Waals surface area contributed by atoms with E-state index < -0.39 is 11.8 Å². The Morgan fingerprint density at radius 3 is 2.00 bits per heavy atom. The lowest BCUT2D eigenvalue weighted by molar-refractivity contribution is -0.201. The molecular formula is C11H20O4. The molecule has 0 aliphatic heterocycles. The van der Waals surface area contributed by atoms with Crippen LogP contribution in [0.3, 0.4) is 0 Å². The smallest absolute Gasteiger partial charge is 0.331 e. The third kappa shape index (κ3) is 4.44. The zero-order valence-electron chi connectivity index (χ0n) is 9.87. The summed E-state index contributed by atoms with van der Waals surface area (Å²) in [5, 5.41) is 8.80. The maximum absolute atomic E-state index is 10.7. The summed E-state index contributed by atoms with van der Waals surface area (Å²) in [6.45, 7) is 8.11. The van der Waals surface area contributed by atoms with Gasteiger partial charge in [0.1, 0.15) is 0 Å². The summed E-state index contributed by atoms with van der Waals surface area (Å²) >= 11 is 0. The van der Waals surface area contributed by atoms with E-state index in [1.165, 1.54) is 13.0 Å². The van der Waals surface area contributed by atoms with E-state index in [1.807, 2.05) is 20.8 Å². The molecule has 0 aliphatic rings. The summed E-state index contributed by atoms with van der Waals surface area (Å²) in [4.78, 5) is 10.7. The average Bonchev–Trinajstić information content (AvgIpc) is 2.18. The fraction of sp³-hybridized carbons (Fsp3) is 0.727.